The number of benzene rings is 2. The van der Waals surface area contributed by atoms with E-state index in [-0.39, 0.29) is 5.91 Å². The molecule has 1 heterocycles. The molecule has 25 heavy (non-hydrogen) atoms. The lowest BCUT2D eigenvalue weighted by molar-refractivity contribution is 0.102. The molecule has 0 unspecified atom stereocenters. The van der Waals surface area contributed by atoms with E-state index in [1.165, 1.54) is 12.4 Å². The number of carbonyl (C=O) groups is 1. The number of amides is 1. The highest BCUT2D eigenvalue weighted by atomic mass is 35.5. The molecule has 0 radical (unpaired) electrons. The molecule has 5 nitrogen and oxygen atoms in total. The second kappa shape index (κ2) is 7.51. The topological polar surface area (TPSA) is 66.9 Å². The first-order valence-electron chi connectivity index (χ1n) is 7.44. The number of aromatic nitrogens is 2. The average molecular weight is 373 g/mol. The first-order chi connectivity index (χ1) is 12.0. The summed E-state index contributed by atoms with van der Waals surface area (Å²) in [5.74, 6) is 0.0671. The Kier molecular flexibility index (Phi) is 5.16. The standard InChI is InChI=1S/C18H14Cl2N4O/c1-11-15(20)6-3-7-16(11)24-17(25)12-9-21-18(22-10-12)23-14-5-2-4-13(19)8-14/h2-10H,1H3,(H,24,25)(H,21,22,23). The van der Waals surface area contributed by atoms with Gasteiger partial charge in [-0.2, -0.15) is 0 Å². The summed E-state index contributed by atoms with van der Waals surface area (Å²) < 4.78 is 0. The van der Waals surface area contributed by atoms with Crippen LogP contribution in [0.25, 0.3) is 0 Å². The summed E-state index contributed by atoms with van der Waals surface area (Å²) in [5.41, 5.74) is 2.56. The van der Waals surface area contributed by atoms with Crippen LogP contribution >= 0.6 is 23.2 Å². The molecule has 0 atom stereocenters. The number of hydrogen-bond donors (Lipinski definition) is 2. The van der Waals surface area contributed by atoms with Gasteiger partial charge in [-0.05, 0) is 42.8 Å². The minimum Gasteiger partial charge on any atom is -0.324 e. The first-order valence-corrected chi connectivity index (χ1v) is 8.19. The lowest BCUT2D eigenvalue weighted by Crippen LogP contribution is -2.14. The van der Waals surface area contributed by atoms with Crippen LogP contribution in [-0.2, 0) is 0 Å². The maximum absolute atomic E-state index is 12.3. The summed E-state index contributed by atoms with van der Waals surface area (Å²) in [6.07, 6.45) is 2.91. The molecule has 2 N–H and O–H groups in total. The number of nitrogens with one attached hydrogen (secondary N) is 2. The zero-order chi connectivity index (χ0) is 17.8. The van der Waals surface area contributed by atoms with Crippen molar-refractivity contribution in [3.63, 3.8) is 0 Å². The summed E-state index contributed by atoms with van der Waals surface area (Å²) in [6, 6.07) is 12.5. The fraction of sp³-hybridized carbons (Fsp3) is 0.0556. The quantitative estimate of drug-likeness (QED) is 0.669. The highest BCUT2D eigenvalue weighted by molar-refractivity contribution is 6.32. The third kappa shape index (κ3) is 4.26. The van der Waals surface area contributed by atoms with E-state index >= 15 is 0 Å². The van der Waals surface area contributed by atoms with E-state index in [0.717, 1.165) is 11.3 Å². The molecule has 1 amide bonds. The van der Waals surface area contributed by atoms with Gasteiger partial charge < -0.3 is 10.6 Å². The second-order valence-electron chi connectivity index (χ2n) is 5.30. The van der Waals surface area contributed by atoms with Crippen LogP contribution in [0.4, 0.5) is 17.3 Å². The summed E-state index contributed by atoms with van der Waals surface area (Å²) in [5, 5.41) is 7.03. The number of nitrogens with zero attached hydrogens (tertiary/aromatic N) is 2. The molecule has 7 heteroatoms. The molecular weight excluding hydrogens is 359 g/mol. The van der Waals surface area contributed by atoms with E-state index in [9.17, 15) is 4.79 Å². The molecule has 0 fully saturated rings. The average Bonchev–Trinajstić information content (AvgIpc) is 2.59. The third-order valence-corrected chi connectivity index (χ3v) is 4.16. The Hall–Kier alpha value is -2.63. The van der Waals surface area contributed by atoms with Crippen molar-refractivity contribution in [1.29, 1.82) is 0 Å². The smallest absolute Gasteiger partial charge is 0.258 e. The molecule has 0 spiro atoms. The van der Waals surface area contributed by atoms with Crippen LogP contribution in [0, 0.1) is 6.92 Å². The van der Waals surface area contributed by atoms with Gasteiger partial charge in [-0.1, -0.05) is 35.3 Å². The minimum atomic E-state index is -0.306. The minimum absolute atomic E-state index is 0.306. The van der Waals surface area contributed by atoms with Crippen molar-refractivity contribution < 1.29 is 4.79 Å². The van der Waals surface area contributed by atoms with Crippen molar-refractivity contribution in [3.05, 3.63) is 76.0 Å². The molecule has 0 bridgehead atoms. The van der Waals surface area contributed by atoms with Crippen LogP contribution in [0.3, 0.4) is 0 Å². The van der Waals surface area contributed by atoms with Gasteiger partial charge in [0.2, 0.25) is 5.95 Å². The van der Waals surface area contributed by atoms with Gasteiger partial charge in [0.05, 0.1) is 5.56 Å². The molecule has 3 aromatic rings. The molecule has 3 rings (SSSR count). The molecule has 0 saturated heterocycles. The second-order valence-corrected chi connectivity index (χ2v) is 6.14. The molecular formula is C18H14Cl2N4O. The zero-order valence-corrected chi connectivity index (χ0v) is 14.8. The fourth-order valence-electron chi connectivity index (χ4n) is 2.14. The molecule has 1 aromatic heterocycles. The van der Waals surface area contributed by atoms with E-state index in [1.807, 2.05) is 19.1 Å². The number of halogens is 2. The van der Waals surface area contributed by atoms with Gasteiger partial charge >= 0.3 is 0 Å². The number of anilines is 3. The lowest BCUT2D eigenvalue weighted by atomic mass is 10.2. The van der Waals surface area contributed by atoms with E-state index < -0.39 is 0 Å². The van der Waals surface area contributed by atoms with Crippen LogP contribution in [-0.4, -0.2) is 15.9 Å². The van der Waals surface area contributed by atoms with Gasteiger partial charge in [0, 0.05) is 33.8 Å². The SMILES string of the molecule is Cc1c(Cl)cccc1NC(=O)c1cnc(Nc2cccc(Cl)c2)nc1. The summed E-state index contributed by atoms with van der Waals surface area (Å²) in [7, 11) is 0. The highest BCUT2D eigenvalue weighted by Crippen LogP contribution is 2.23. The predicted molar refractivity (Wildman–Crippen MR) is 101 cm³/mol. The summed E-state index contributed by atoms with van der Waals surface area (Å²) >= 11 is 12.0. The molecule has 2 aromatic carbocycles. The van der Waals surface area contributed by atoms with Gasteiger partial charge in [-0.15, -0.1) is 0 Å². The van der Waals surface area contributed by atoms with Crippen LogP contribution < -0.4 is 10.6 Å². The molecule has 126 valence electrons. The Balaban J connectivity index is 1.71. The normalized spacial score (nSPS) is 10.4. The van der Waals surface area contributed by atoms with Gasteiger partial charge in [0.15, 0.2) is 0 Å². The van der Waals surface area contributed by atoms with Crippen molar-refractivity contribution in [1.82, 2.24) is 9.97 Å². The maximum atomic E-state index is 12.3. The van der Waals surface area contributed by atoms with E-state index in [4.69, 9.17) is 23.2 Å². The van der Waals surface area contributed by atoms with Crippen molar-refractivity contribution in [2.24, 2.45) is 0 Å². The molecule has 0 aliphatic heterocycles. The van der Waals surface area contributed by atoms with Crippen LogP contribution in [0.5, 0.6) is 0 Å². The Morgan fingerprint density at radius 1 is 1.04 bits per heavy atom. The molecule has 0 aliphatic carbocycles. The largest absolute Gasteiger partial charge is 0.324 e. The Morgan fingerprint density at radius 3 is 2.48 bits per heavy atom. The van der Waals surface area contributed by atoms with Crippen molar-refractivity contribution in [3.8, 4) is 0 Å². The Morgan fingerprint density at radius 2 is 1.76 bits per heavy atom. The van der Waals surface area contributed by atoms with Gasteiger partial charge in [-0.25, -0.2) is 9.97 Å². The van der Waals surface area contributed by atoms with E-state index in [2.05, 4.69) is 20.6 Å². The van der Waals surface area contributed by atoms with Crippen LogP contribution in [0.15, 0.2) is 54.9 Å². The van der Waals surface area contributed by atoms with Gasteiger partial charge in [0.1, 0.15) is 0 Å². The van der Waals surface area contributed by atoms with Gasteiger partial charge in [-0.3, -0.25) is 4.79 Å². The van der Waals surface area contributed by atoms with Crippen molar-refractivity contribution in [2.75, 3.05) is 10.6 Å². The van der Waals surface area contributed by atoms with Crippen molar-refractivity contribution in [2.45, 2.75) is 6.92 Å². The van der Waals surface area contributed by atoms with Crippen molar-refractivity contribution >= 4 is 46.4 Å². The maximum Gasteiger partial charge on any atom is 0.258 e. The summed E-state index contributed by atoms with van der Waals surface area (Å²) in [6.45, 7) is 1.84. The number of rotatable bonds is 4. The third-order valence-electron chi connectivity index (χ3n) is 3.51. The number of hydrogen-bond acceptors (Lipinski definition) is 4. The molecule has 0 saturated carbocycles. The Labute approximate surface area is 155 Å². The van der Waals surface area contributed by atoms with E-state index in [1.54, 1.807) is 30.3 Å². The molecule has 0 aliphatic rings. The van der Waals surface area contributed by atoms with Gasteiger partial charge in [0.25, 0.3) is 5.91 Å². The summed E-state index contributed by atoms with van der Waals surface area (Å²) in [4.78, 5) is 20.6. The van der Waals surface area contributed by atoms with E-state index in [0.29, 0.717) is 27.2 Å². The number of carbonyl (C=O) groups excluding carboxylic acids is 1. The van der Waals surface area contributed by atoms with Crippen LogP contribution in [0.2, 0.25) is 10.0 Å². The zero-order valence-electron chi connectivity index (χ0n) is 13.3. The first kappa shape index (κ1) is 17.2. The monoisotopic (exact) mass is 372 g/mol. The van der Waals surface area contributed by atoms with Crippen LogP contribution in [0.1, 0.15) is 15.9 Å². The lowest BCUT2D eigenvalue weighted by Gasteiger charge is -2.09. The Bertz CT molecular complexity index is 913. The highest BCUT2D eigenvalue weighted by Gasteiger charge is 2.10. The fourth-order valence-corrected chi connectivity index (χ4v) is 2.51. The predicted octanol–water partition coefficient (Wildman–Crippen LogP) is 5.09.